The molecular formula is C20H25NO4. The number of hydrogen-bond donors (Lipinski definition) is 1. The van der Waals surface area contributed by atoms with Crippen LogP contribution in [0.25, 0.3) is 0 Å². The molecule has 25 heavy (non-hydrogen) atoms. The van der Waals surface area contributed by atoms with Crippen molar-refractivity contribution in [1.82, 2.24) is 0 Å². The van der Waals surface area contributed by atoms with Gasteiger partial charge in [-0.1, -0.05) is 25.1 Å². The van der Waals surface area contributed by atoms with E-state index in [9.17, 15) is 4.79 Å². The Morgan fingerprint density at radius 2 is 1.68 bits per heavy atom. The summed E-state index contributed by atoms with van der Waals surface area (Å²) in [5.41, 5.74) is 3.86. The predicted octanol–water partition coefficient (Wildman–Crippen LogP) is 3.76. The van der Waals surface area contributed by atoms with Gasteiger partial charge in [0.1, 0.15) is 0 Å². The first-order valence-electron chi connectivity index (χ1n) is 8.21. The van der Waals surface area contributed by atoms with E-state index in [1.807, 2.05) is 25.1 Å². The van der Waals surface area contributed by atoms with Crippen LogP contribution in [0.4, 0.5) is 5.69 Å². The van der Waals surface area contributed by atoms with E-state index in [0.717, 1.165) is 28.8 Å². The molecule has 1 N–H and O–H groups in total. The largest absolute Gasteiger partial charge is 0.493 e. The van der Waals surface area contributed by atoms with E-state index in [1.54, 1.807) is 33.5 Å². The molecule has 0 radical (unpaired) electrons. The van der Waals surface area contributed by atoms with Gasteiger partial charge < -0.3 is 19.5 Å². The summed E-state index contributed by atoms with van der Waals surface area (Å²) in [6.07, 6.45) is 1.08. The van der Waals surface area contributed by atoms with Crippen molar-refractivity contribution < 1.29 is 19.0 Å². The molecule has 0 bridgehead atoms. The molecule has 5 heteroatoms. The third kappa shape index (κ3) is 4.24. The summed E-state index contributed by atoms with van der Waals surface area (Å²) in [4.78, 5) is 12.5. The number of amides is 1. The molecule has 0 unspecified atom stereocenters. The van der Waals surface area contributed by atoms with Crippen LogP contribution in [-0.4, -0.2) is 27.2 Å². The van der Waals surface area contributed by atoms with Crippen molar-refractivity contribution in [2.75, 3.05) is 26.6 Å². The second-order valence-corrected chi connectivity index (χ2v) is 5.72. The molecule has 0 saturated heterocycles. The van der Waals surface area contributed by atoms with Crippen LogP contribution in [0.2, 0.25) is 0 Å². The first-order chi connectivity index (χ1) is 12.0. The minimum absolute atomic E-state index is 0.0849. The number of methoxy groups -OCH3 is 3. The van der Waals surface area contributed by atoms with E-state index >= 15 is 0 Å². The molecule has 0 fully saturated rings. The first kappa shape index (κ1) is 18.6. The van der Waals surface area contributed by atoms with Crippen molar-refractivity contribution >= 4 is 11.6 Å². The molecule has 2 aromatic carbocycles. The normalized spacial score (nSPS) is 10.3. The smallest absolute Gasteiger partial charge is 0.228 e. The number of rotatable bonds is 7. The molecule has 134 valence electrons. The Hall–Kier alpha value is -2.69. The van der Waals surface area contributed by atoms with E-state index in [1.165, 1.54) is 0 Å². The highest BCUT2D eigenvalue weighted by Gasteiger charge is 2.16. The minimum Gasteiger partial charge on any atom is -0.493 e. The lowest BCUT2D eigenvalue weighted by Gasteiger charge is -2.15. The number of ether oxygens (including phenoxy) is 3. The average Bonchev–Trinajstić information content (AvgIpc) is 2.62. The van der Waals surface area contributed by atoms with Gasteiger partial charge in [-0.15, -0.1) is 0 Å². The van der Waals surface area contributed by atoms with Crippen molar-refractivity contribution in [3.8, 4) is 17.2 Å². The van der Waals surface area contributed by atoms with E-state index in [0.29, 0.717) is 17.2 Å². The quantitative estimate of drug-likeness (QED) is 0.831. The predicted molar refractivity (Wildman–Crippen MR) is 99.0 cm³/mol. The first-order valence-corrected chi connectivity index (χ1v) is 8.21. The zero-order chi connectivity index (χ0) is 18.4. The molecule has 0 aliphatic rings. The second-order valence-electron chi connectivity index (χ2n) is 5.72. The molecule has 0 aromatic heterocycles. The molecule has 0 aliphatic carbocycles. The topological polar surface area (TPSA) is 56.8 Å². The Morgan fingerprint density at radius 3 is 2.20 bits per heavy atom. The fraction of sp³-hybridized carbons (Fsp3) is 0.350. The monoisotopic (exact) mass is 343 g/mol. The summed E-state index contributed by atoms with van der Waals surface area (Å²) in [5, 5.41) is 3.03. The molecule has 0 spiro atoms. The molecule has 2 rings (SSSR count). The number of carbonyl (C=O) groups excluding carboxylic acids is 1. The van der Waals surface area contributed by atoms with Gasteiger partial charge in [0.05, 0.1) is 27.8 Å². The number of benzene rings is 2. The molecular weight excluding hydrogens is 318 g/mol. The van der Waals surface area contributed by atoms with Crippen molar-refractivity contribution in [1.29, 1.82) is 0 Å². The molecule has 0 aliphatic heterocycles. The van der Waals surface area contributed by atoms with Gasteiger partial charge in [0.25, 0.3) is 0 Å². The van der Waals surface area contributed by atoms with Gasteiger partial charge in [-0.05, 0) is 42.2 Å². The number of anilines is 1. The Kier molecular flexibility index (Phi) is 6.28. The fourth-order valence-electron chi connectivity index (χ4n) is 2.81. The van der Waals surface area contributed by atoms with Crippen LogP contribution in [0.5, 0.6) is 17.2 Å². The van der Waals surface area contributed by atoms with Gasteiger partial charge in [-0.2, -0.15) is 0 Å². The maximum Gasteiger partial charge on any atom is 0.228 e. The van der Waals surface area contributed by atoms with Crippen LogP contribution in [0.1, 0.15) is 23.6 Å². The fourth-order valence-corrected chi connectivity index (χ4v) is 2.81. The third-order valence-electron chi connectivity index (χ3n) is 4.09. The standard InChI is InChI=1S/C20H25NO4/c1-6-15-9-7-8-13(2)19(15)21-18(22)12-14-10-16(23-3)20(25-5)17(11-14)24-4/h7-11H,6,12H2,1-5H3,(H,21,22). The van der Waals surface area contributed by atoms with E-state index in [2.05, 4.69) is 12.2 Å². The average molecular weight is 343 g/mol. The van der Waals surface area contributed by atoms with Crippen LogP contribution in [0, 0.1) is 6.92 Å². The third-order valence-corrected chi connectivity index (χ3v) is 4.09. The number of nitrogens with one attached hydrogen (secondary N) is 1. The van der Waals surface area contributed by atoms with Crippen LogP contribution in [0.3, 0.4) is 0 Å². The summed E-state index contributed by atoms with van der Waals surface area (Å²) >= 11 is 0. The number of para-hydroxylation sites is 1. The van der Waals surface area contributed by atoms with Crippen LogP contribution in [0.15, 0.2) is 30.3 Å². The molecule has 5 nitrogen and oxygen atoms in total. The van der Waals surface area contributed by atoms with E-state index in [-0.39, 0.29) is 12.3 Å². The summed E-state index contributed by atoms with van der Waals surface area (Å²) in [6, 6.07) is 9.61. The molecule has 0 saturated carbocycles. The van der Waals surface area contributed by atoms with Gasteiger partial charge in [-0.3, -0.25) is 4.79 Å². The van der Waals surface area contributed by atoms with Crippen molar-refractivity contribution in [3.05, 3.63) is 47.0 Å². The Morgan fingerprint density at radius 1 is 1.04 bits per heavy atom. The highest BCUT2D eigenvalue weighted by molar-refractivity contribution is 5.94. The Balaban J connectivity index is 2.24. The van der Waals surface area contributed by atoms with E-state index < -0.39 is 0 Å². The zero-order valence-electron chi connectivity index (χ0n) is 15.4. The number of aryl methyl sites for hydroxylation is 2. The Labute approximate surface area is 148 Å². The van der Waals surface area contributed by atoms with Gasteiger partial charge >= 0.3 is 0 Å². The van der Waals surface area contributed by atoms with Gasteiger partial charge in [0.2, 0.25) is 11.7 Å². The SMILES string of the molecule is CCc1cccc(C)c1NC(=O)Cc1cc(OC)c(OC)c(OC)c1. The summed E-state index contributed by atoms with van der Waals surface area (Å²) in [7, 11) is 4.67. The summed E-state index contributed by atoms with van der Waals surface area (Å²) in [6.45, 7) is 4.07. The molecule has 0 heterocycles. The van der Waals surface area contributed by atoms with Gasteiger partial charge in [-0.25, -0.2) is 0 Å². The van der Waals surface area contributed by atoms with Crippen molar-refractivity contribution in [2.24, 2.45) is 0 Å². The van der Waals surface area contributed by atoms with Crippen LogP contribution < -0.4 is 19.5 Å². The van der Waals surface area contributed by atoms with Crippen molar-refractivity contribution in [2.45, 2.75) is 26.7 Å². The lowest BCUT2D eigenvalue weighted by Crippen LogP contribution is -2.16. The minimum atomic E-state index is -0.0849. The molecule has 1 amide bonds. The van der Waals surface area contributed by atoms with Crippen LogP contribution in [-0.2, 0) is 17.6 Å². The zero-order valence-corrected chi connectivity index (χ0v) is 15.4. The van der Waals surface area contributed by atoms with Gasteiger partial charge in [0, 0.05) is 5.69 Å². The maximum atomic E-state index is 12.5. The molecule has 0 atom stereocenters. The summed E-state index contributed by atoms with van der Waals surface area (Å²) < 4.78 is 16.0. The second kappa shape index (κ2) is 8.42. The lowest BCUT2D eigenvalue weighted by molar-refractivity contribution is -0.115. The van der Waals surface area contributed by atoms with Crippen LogP contribution >= 0.6 is 0 Å². The maximum absolute atomic E-state index is 12.5. The number of carbonyl (C=O) groups is 1. The lowest BCUT2D eigenvalue weighted by atomic mass is 10.0. The molecule has 2 aromatic rings. The number of hydrogen-bond acceptors (Lipinski definition) is 4. The summed E-state index contributed by atoms with van der Waals surface area (Å²) in [5.74, 6) is 1.50. The van der Waals surface area contributed by atoms with E-state index in [4.69, 9.17) is 14.2 Å². The Bertz CT molecular complexity index is 730. The van der Waals surface area contributed by atoms with Gasteiger partial charge in [0.15, 0.2) is 11.5 Å². The van der Waals surface area contributed by atoms with Crippen molar-refractivity contribution in [3.63, 3.8) is 0 Å². The highest BCUT2D eigenvalue weighted by atomic mass is 16.5. The highest BCUT2D eigenvalue weighted by Crippen LogP contribution is 2.38.